The van der Waals surface area contributed by atoms with Crippen LogP contribution >= 0.6 is 0 Å². The largest absolute Gasteiger partial charge is 0.384 e. The minimum absolute atomic E-state index is 0.285. The first-order valence-electron chi connectivity index (χ1n) is 6.93. The zero-order valence-electron chi connectivity index (χ0n) is 11.5. The highest BCUT2D eigenvalue weighted by Crippen LogP contribution is 2.43. The Balaban J connectivity index is 2.14. The van der Waals surface area contributed by atoms with Crippen LogP contribution in [0.4, 0.5) is 5.69 Å². The van der Waals surface area contributed by atoms with E-state index in [0.717, 1.165) is 18.5 Å². The van der Waals surface area contributed by atoms with Crippen molar-refractivity contribution in [3.8, 4) is 0 Å². The molecule has 0 spiro atoms. The van der Waals surface area contributed by atoms with E-state index in [0.29, 0.717) is 5.92 Å². The van der Waals surface area contributed by atoms with Crippen molar-refractivity contribution >= 4 is 11.5 Å². The number of hydrogen-bond donors (Lipinski definition) is 1. The Morgan fingerprint density at radius 2 is 2.11 bits per heavy atom. The molecule has 0 saturated heterocycles. The van der Waals surface area contributed by atoms with Crippen LogP contribution < -0.4 is 5.32 Å². The fraction of sp³-hybridized carbons (Fsp3) is 0.562. The minimum atomic E-state index is -0.288. The molecule has 1 atom stereocenters. The number of carbonyl (C=O) groups is 1. The first-order valence-corrected chi connectivity index (χ1v) is 6.93. The molecule has 0 radical (unpaired) electrons. The summed E-state index contributed by atoms with van der Waals surface area (Å²) >= 11 is 0. The van der Waals surface area contributed by atoms with Gasteiger partial charge in [0.15, 0.2) is 5.78 Å². The van der Waals surface area contributed by atoms with Crippen LogP contribution in [-0.2, 0) is 6.42 Å². The van der Waals surface area contributed by atoms with Gasteiger partial charge in [0.25, 0.3) is 0 Å². The van der Waals surface area contributed by atoms with Crippen molar-refractivity contribution in [1.29, 1.82) is 0 Å². The summed E-state index contributed by atoms with van der Waals surface area (Å²) in [5.41, 5.74) is 4.71. The van der Waals surface area contributed by atoms with E-state index in [2.05, 4.69) is 11.4 Å². The second-order valence-corrected chi connectivity index (χ2v) is 6.60. The lowest BCUT2D eigenvalue weighted by atomic mass is 9.77. The lowest BCUT2D eigenvalue weighted by Crippen LogP contribution is -2.23. The fourth-order valence-corrected chi connectivity index (χ4v) is 3.28. The summed E-state index contributed by atoms with van der Waals surface area (Å²) in [6.45, 7) is 7.07. The molecule has 1 aromatic carbocycles. The smallest absolute Gasteiger partial charge is 0.168 e. The molecule has 2 heteroatoms. The van der Waals surface area contributed by atoms with Crippen LogP contribution in [0.5, 0.6) is 0 Å². The SMILES string of the molecule is CC(C)(C)C(=O)c1ccc2c3c1CCCC3CN2. The number of ketones is 1. The molecule has 0 aromatic heterocycles. The van der Waals surface area contributed by atoms with Crippen molar-refractivity contribution in [2.45, 2.75) is 46.0 Å². The Labute approximate surface area is 109 Å². The van der Waals surface area contributed by atoms with Crippen LogP contribution in [0, 0.1) is 5.41 Å². The second-order valence-electron chi connectivity index (χ2n) is 6.60. The summed E-state index contributed by atoms with van der Waals surface area (Å²) < 4.78 is 0. The first kappa shape index (κ1) is 11.8. The molecule has 2 aliphatic rings. The van der Waals surface area contributed by atoms with E-state index in [1.807, 2.05) is 26.8 Å². The summed E-state index contributed by atoms with van der Waals surface area (Å²) in [6.07, 6.45) is 3.55. The molecule has 0 amide bonds. The molecule has 1 N–H and O–H groups in total. The summed E-state index contributed by atoms with van der Waals surface area (Å²) in [4.78, 5) is 12.6. The van der Waals surface area contributed by atoms with E-state index in [4.69, 9.17) is 0 Å². The molecular formula is C16H21NO. The Morgan fingerprint density at radius 1 is 1.33 bits per heavy atom. The number of benzene rings is 1. The monoisotopic (exact) mass is 243 g/mol. The van der Waals surface area contributed by atoms with Gasteiger partial charge >= 0.3 is 0 Å². The molecule has 0 fully saturated rings. The average molecular weight is 243 g/mol. The molecule has 96 valence electrons. The summed E-state index contributed by atoms with van der Waals surface area (Å²) in [7, 11) is 0. The van der Waals surface area contributed by atoms with Gasteiger partial charge in [0.1, 0.15) is 0 Å². The Kier molecular flexibility index (Phi) is 2.51. The Morgan fingerprint density at radius 3 is 2.83 bits per heavy atom. The predicted molar refractivity (Wildman–Crippen MR) is 74.4 cm³/mol. The number of rotatable bonds is 1. The number of anilines is 1. The summed E-state index contributed by atoms with van der Waals surface area (Å²) in [6, 6.07) is 4.13. The molecule has 0 bridgehead atoms. The van der Waals surface area contributed by atoms with Crippen LogP contribution in [0.25, 0.3) is 0 Å². The van der Waals surface area contributed by atoms with E-state index in [1.54, 1.807) is 0 Å². The molecule has 18 heavy (non-hydrogen) atoms. The number of carbonyl (C=O) groups excluding carboxylic acids is 1. The molecule has 2 nitrogen and oxygen atoms in total. The Bertz CT molecular complexity index is 511. The van der Waals surface area contributed by atoms with E-state index < -0.39 is 0 Å². The lowest BCUT2D eigenvalue weighted by Gasteiger charge is -2.25. The molecule has 1 unspecified atom stereocenters. The van der Waals surface area contributed by atoms with Crippen molar-refractivity contribution in [3.05, 3.63) is 28.8 Å². The van der Waals surface area contributed by atoms with E-state index in [-0.39, 0.29) is 11.2 Å². The van der Waals surface area contributed by atoms with Crippen LogP contribution in [0.1, 0.15) is 61.0 Å². The van der Waals surface area contributed by atoms with Crippen molar-refractivity contribution < 1.29 is 4.79 Å². The molecular weight excluding hydrogens is 222 g/mol. The van der Waals surface area contributed by atoms with Gasteiger partial charge in [0.2, 0.25) is 0 Å². The van der Waals surface area contributed by atoms with Crippen LogP contribution in [-0.4, -0.2) is 12.3 Å². The van der Waals surface area contributed by atoms with Crippen molar-refractivity contribution in [2.75, 3.05) is 11.9 Å². The van der Waals surface area contributed by atoms with Gasteiger partial charge < -0.3 is 5.32 Å². The minimum Gasteiger partial charge on any atom is -0.384 e. The van der Waals surface area contributed by atoms with Gasteiger partial charge in [0, 0.05) is 29.1 Å². The third-order valence-electron chi connectivity index (χ3n) is 4.21. The highest BCUT2D eigenvalue weighted by Gasteiger charge is 2.33. The van der Waals surface area contributed by atoms with Crippen LogP contribution in [0.2, 0.25) is 0 Å². The maximum atomic E-state index is 12.6. The molecule has 1 heterocycles. The van der Waals surface area contributed by atoms with Gasteiger partial charge in [0.05, 0.1) is 0 Å². The standard InChI is InChI=1S/C16H21NO/c1-16(2,3)15(18)12-7-8-13-14-10(9-17-13)5-4-6-11(12)14/h7-8,10,17H,4-6,9H2,1-3H3. The number of nitrogens with one attached hydrogen (secondary N) is 1. The van der Waals surface area contributed by atoms with Crippen LogP contribution in [0.15, 0.2) is 12.1 Å². The molecule has 1 aliphatic heterocycles. The highest BCUT2D eigenvalue weighted by atomic mass is 16.1. The topological polar surface area (TPSA) is 29.1 Å². The maximum Gasteiger partial charge on any atom is 0.168 e. The third-order valence-corrected chi connectivity index (χ3v) is 4.21. The normalized spacial score (nSPS) is 21.4. The van der Waals surface area contributed by atoms with Crippen LogP contribution in [0.3, 0.4) is 0 Å². The van der Waals surface area contributed by atoms with Crippen molar-refractivity contribution in [2.24, 2.45) is 5.41 Å². The third kappa shape index (κ3) is 1.66. The van der Waals surface area contributed by atoms with Gasteiger partial charge in [-0.15, -0.1) is 0 Å². The maximum absolute atomic E-state index is 12.6. The van der Waals surface area contributed by atoms with Crippen molar-refractivity contribution in [1.82, 2.24) is 0 Å². The zero-order valence-corrected chi connectivity index (χ0v) is 11.5. The first-order chi connectivity index (χ1) is 8.48. The van der Waals surface area contributed by atoms with Crippen molar-refractivity contribution in [3.63, 3.8) is 0 Å². The molecule has 1 aromatic rings. The van der Waals surface area contributed by atoms with E-state index >= 15 is 0 Å². The van der Waals surface area contributed by atoms with Gasteiger partial charge in [-0.3, -0.25) is 4.79 Å². The summed E-state index contributed by atoms with van der Waals surface area (Å²) in [5.74, 6) is 0.921. The van der Waals surface area contributed by atoms with Gasteiger partial charge in [-0.25, -0.2) is 0 Å². The summed E-state index contributed by atoms with van der Waals surface area (Å²) in [5, 5.41) is 3.48. The fourth-order valence-electron chi connectivity index (χ4n) is 3.28. The van der Waals surface area contributed by atoms with E-state index in [9.17, 15) is 4.79 Å². The van der Waals surface area contributed by atoms with Gasteiger partial charge in [-0.2, -0.15) is 0 Å². The van der Waals surface area contributed by atoms with Gasteiger partial charge in [-0.1, -0.05) is 20.8 Å². The molecule has 3 rings (SSSR count). The second kappa shape index (κ2) is 3.84. The molecule has 0 saturated carbocycles. The number of hydrogen-bond acceptors (Lipinski definition) is 2. The quantitative estimate of drug-likeness (QED) is 0.761. The average Bonchev–Trinajstić information content (AvgIpc) is 2.73. The van der Waals surface area contributed by atoms with Gasteiger partial charge in [-0.05, 0) is 42.5 Å². The molecule has 1 aliphatic carbocycles. The Hall–Kier alpha value is -1.31. The predicted octanol–water partition coefficient (Wildman–Crippen LogP) is 3.76. The zero-order chi connectivity index (χ0) is 12.9. The van der Waals surface area contributed by atoms with E-state index in [1.165, 1.54) is 29.7 Å². The number of Topliss-reactive ketones (excluding diaryl/α,β-unsaturated/α-hetero) is 1. The highest BCUT2D eigenvalue weighted by molar-refractivity contribution is 6.02. The lowest BCUT2D eigenvalue weighted by molar-refractivity contribution is 0.0857.